The fourth-order valence-electron chi connectivity index (χ4n) is 1.98. The van der Waals surface area contributed by atoms with E-state index < -0.39 is 0 Å². The minimum Gasteiger partial charge on any atom is -0.316 e. The van der Waals surface area contributed by atoms with Crippen LogP contribution in [0.4, 0.5) is 0 Å². The van der Waals surface area contributed by atoms with Crippen LogP contribution in [0.1, 0.15) is 33.6 Å². The molecule has 0 saturated carbocycles. The Labute approximate surface area is 70.6 Å². The van der Waals surface area contributed by atoms with Crippen molar-refractivity contribution in [2.75, 3.05) is 13.1 Å². The molecule has 66 valence electrons. The van der Waals surface area contributed by atoms with Crippen LogP contribution in [0.3, 0.4) is 0 Å². The van der Waals surface area contributed by atoms with Crippen LogP contribution in [-0.2, 0) is 0 Å². The maximum Gasteiger partial charge on any atom is -0.00179 e. The smallest absolute Gasteiger partial charge is 0.00179 e. The zero-order chi connectivity index (χ0) is 8.27. The Hall–Kier alpha value is -0.0400. The van der Waals surface area contributed by atoms with Crippen LogP contribution in [0.15, 0.2) is 0 Å². The molecule has 0 aromatic rings. The maximum absolute atomic E-state index is 3.47. The fourth-order valence-corrected chi connectivity index (χ4v) is 1.98. The van der Waals surface area contributed by atoms with Crippen molar-refractivity contribution in [1.82, 2.24) is 5.32 Å². The lowest BCUT2D eigenvalue weighted by Gasteiger charge is -2.30. The van der Waals surface area contributed by atoms with E-state index in [-0.39, 0.29) is 0 Å². The third-order valence-corrected chi connectivity index (χ3v) is 2.76. The highest BCUT2D eigenvalue weighted by molar-refractivity contribution is 4.75. The summed E-state index contributed by atoms with van der Waals surface area (Å²) in [7, 11) is 0. The van der Waals surface area contributed by atoms with Gasteiger partial charge in [0, 0.05) is 0 Å². The Balaban J connectivity index is 2.29. The van der Waals surface area contributed by atoms with Crippen molar-refractivity contribution in [3.05, 3.63) is 0 Å². The first-order valence-corrected chi connectivity index (χ1v) is 4.91. The molecule has 2 unspecified atom stereocenters. The molecule has 0 aromatic carbocycles. The van der Waals surface area contributed by atoms with E-state index in [2.05, 4.69) is 26.1 Å². The van der Waals surface area contributed by atoms with Crippen LogP contribution in [0.5, 0.6) is 0 Å². The lowest BCUT2D eigenvalue weighted by molar-refractivity contribution is 0.237. The molecular formula is C10H21N. The zero-order valence-electron chi connectivity index (χ0n) is 8.06. The van der Waals surface area contributed by atoms with E-state index in [4.69, 9.17) is 0 Å². The zero-order valence-corrected chi connectivity index (χ0v) is 8.06. The lowest BCUT2D eigenvalue weighted by Crippen LogP contribution is -2.35. The molecule has 0 aliphatic carbocycles. The fraction of sp³-hybridized carbons (Fsp3) is 1.00. The predicted octanol–water partition coefficient (Wildman–Crippen LogP) is 2.28. The van der Waals surface area contributed by atoms with Gasteiger partial charge in [0.05, 0.1) is 0 Å². The summed E-state index contributed by atoms with van der Waals surface area (Å²) in [6, 6.07) is 0. The number of nitrogens with one attached hydrogen (secondary N) is 1. The molecule has 0 amide bonds. The Morgan fingerprint density at radius 1 is 1.45 bits per heavy atom. The second kappa shape index (κ2) is 4.10. The van der Waals surface area contributed by atoms with Gasteiger partial charge in [-0.05, 0) is 43.7 Å². The minimum atomic E-state index is 0.863. The molecule has 11 heavy (non-hydrogen) atoms. The van der Waals surface area contributed by atoms with Crippen molar-refractivity contribution < 1.29 is 0 Å². The molecule has 0 bridgehead atoms. The Kier molecular flexibility index (Phi) is 3.38. The van der Waals surface area contributed by atoms with Crippen LogP contribution in [0.2, 0.25) is 0 Å². The van der Waals surface area contributed by atoms with Gasteiger partial charge in [0.2, 0.25) is 0 Å². The second-order valence-corrected chi connectivity index (χ2v) is 4.36. The quantitative estimate of drug-likeness (QED) is 0.645. The SMILES string of the molecule is CC(C)CC1CNCCC1C. The Bertz CT molecular complexity index is 109. The average Bonchev–Trinajstić information content (AvgIpc) is 1.93. The van der Waals surface area contributed by atoms with E-state index in [9.17, 15) is 0 Å². The van der Waals surface area contributed by atoms with E-state index in [0.29, 0.717) is 0 Å². The summed E-state index contributed by atoms with van der Waals surface area (Å²) in [4.78, 5) is 0. The van der Waals surface area contributed by atoms with Crippen molar-refractivity contribution in [2.24, 2.45) is 17.8 Å². The van der Waals surface area contributed by atoms with Gasteiger partial charge in [-0.25, -0.2) is 0 Å². The van der Waals surface area contributed by atoms with E-state index in [0.717, 1.165) is 17.8 Å². The predicted molar refractivity (Wildman–Crippen MR) is 49.6 cm³/mol. The first kappa shape index (κ1) is 9.05. The lowest BCUT2D eigenvalue weighted by atomic mass is 9.82. The third-order valence-electron chi connectivity index (χ3n) is 2.76. The highest BCUT2D eigenvalue weighted by Gasteiger charge is 2.21. The Morgan fingerprint density at radius 3 is 2.73 bits per heavy atom. The third kappa shape index (κ3) is 2.82. The van der Waals surface area contributed by atoms with Gasteiger partial charge in [0.15, 0.2) is 0 Å². The maximum atomic E-state index is 3.47. The summed E-state index contributed by atoms with van der Waals surface area (Å²) in [6.07, 6.45) is 2.77. The second-order valence-electron chi connectivity index (χ2n) is 4.36. The van der Waals surface area contributed by atoms with Crippen LogP contribution >= 0.6 is 0 Å². The van der Waals surface area contributed by atoms with E-state index in [1.807, 2.05) is 0 Å². The van der Waals surface area contributed by atoms with Gasteiger partial charge in [-0.1, -0.05) is 20.8 Å². The summed E-state index contributed by atoms with van der Waals surface area (Å²) in [5.74, 6) is 2.74. The van der Waals surface area contributed by atoms with Crippen molar-refractivity contribution in [1.29, 1.82) is 0 Å². The Morgan fingerprint density at radius 2 is 2.18 bits per heavy atom. The molecule has 2 atom stereocenters. The van der Waals surface area contributed by atoms with Gasteiger partial charge in [0.25, 0.3) is 0 Å². The van der Waals surface area contributed by atoms with Gasteiger partial charge in [0.1, 0.15) is 0 Å². The van der Waals surface area contributed by atoms with Crippen LogP contribution in [-0.4, -0.2) is 13.1 Å². The van der Waals surface area contributed by atoms with Crippen molar-refractivity contribution in [3.63, 3.8) is 0 Å². The topological polar surface area (TPSA) is 12.0 Å². The first-order valence-electron chi connectivity index (χ1n) is 4.91. The van der Waals surface area contributed by atoms with Crippen molar-refractivity contribution in [2.45, 2.75) is 33.6 Å². The number of rotatable bonds is 2. The molecular weight excluding hydrogens is 134 g/mol. The summed E-state index contributed by atoms with van der Waals surface area (Å²) in [5, 5.41) is 3.47. The van der Waals surface area contributed by atoms with Gasteiger partial charge in [-0.3, -0.25) is 0 Å². The normalized spacial score (nSPS) is 32.7. The summed E-state index contributed by atoms with van der Waals surface area (Å²) in [6.45, 7) is 9.52. The standard InChI is InChI=1S/C10H21N/c1-8(2)6-10-7-11-5-4-9(10)3/h8-11H,4-7H2,1-3H3. The minimum absolute atomic E-state index is 0.863. The van der Waals surface area contributed by atoms with Gasteiger partial charge >= 0.3 is 0 Å². The number of hydrogen-bond acceptors (Lipinski definition) is 1. The summed E-state index contributed by atoms with van der Waals surface area (Å²) in [5.41, 5.74) is 0. The van der Waals surface area contributed by atoms with Crippen molar-refractivity contribution >= 4 is 0 Å². The molecule has 1 N–H and O–H groups in total. The highest BCUT2D eigenvalue weighted by atomic mass is 14.9. The molecule has 1 aliphatic heterocycles. The molecule has 1 rings (SSSR count). The van der Waals surface area contributed by atoms with Gasteiger partial charge in [-0.2, -0.15) is 0 Å². The van der Waals surface area contributed by atoms with Crippen LogP contribution in [0, 0.1) is 17.8 Å². The molecule has 1 heterocycles. The highest BCUT2D eigenvalue weighted by Crippen LogP contribution is 2.24. The average molecular weight is 155 g/mol. The molecule has 0 radical (unpaired) electrons. The summed E-state index contributed by atoms with van der Waals surface area (Å²) >= 11 is 0. The monoisotopic (exact) mass is 155 g/mol. The van der Waals surface area contributed by atoms with Gasteiger partial charge in [-0.15, -0.1) is 0 Å². The van der Waals surface area contributed by atoms with Crippen LogP contribution < -0.4 is 5.32 Å². The number of hydrogen-bond donors (Lipinski definition) is 1. The molecule has 1 saturated heterocycles. The van der Waals surface area contributed by atoms with Crippen molar-refractivity contribution in [3.8, 4) is 0 Å². The molecule has 0 spiro atoms. The van der Waals surface area contributed by atoms with E-state index in [1.54, 1.807) is 0 Å². The molecule has 0 aromatic heterocycles. The first-order chi connectivity index (χ1) is 5.20. The molecule has 1 fully saturated rings. The molecule has 1 nitrogen and oxygen atoms in total. The summed E-state index contributed by atoms with van der Waals surface area (Å²) < 4.78 is 0. The molecule has 1 heteroatoms. The molecule has 1 aliphatic rings. The largest absolute Gasteiger partial charge is 0.316 e. The van der Waals surface area contributed by atoms with E-state index >= 15 is 0 Å². The van der Waals surface area contributed by atoms with E-state index in [1.165, 1.54) is 25.9 Å². The van der Waals surface area contributed by atoms with Gasteiger partial charge < -0.3 is 5.32 Å². The number of piperidine rings is 1. The van der Waals surface area contributed by atoms with Crippen LogP contribution in [0.25, 0.3) is 0 Å².